The second-order valence-corrected chi connectivity index (χ2v) is 5.50. The largest absolute Gasteiger partial charge is 0.486 e. The topological polar surface area (TPSA) is 93.5 Å². The Morgan fingerprint density at radius 2 is 2.18 bits per heavy atom. The maximum absolute atomic E-state index is 11.8. The van der Waals surface area contributed by atoms with E-state index < -0.39 is 4.92 Å². The molecule has 0 saturated carbocycles. The Morgan fingerprint density at radius 3 is 2.86 bits per heavy atom. The number of carbonyl (C=O) groups excluding carboxylic acids is 1. The Kier molecular flexibility index (Phi) is 5.97. The number of hydrogen-bond donors (Lipinski definition) is 2. The van der Waals surface area contributed by atoms with Gasteiger partial charge in [-0.1, -0.05) is 11.6 Å². The van der Waals surface area contributed by atoms with Crippen LogP contribution in [0.3, 0.4) is 0 Å². The predicted octanol–water partition coefficient (Wildman–Crippen LogP) is 1.89. The van der Waals surface area contributed by atoms with Crippen molar-refractivity contribution in [3.63, 3.8) is 0 Å². The first-order valence-electron chi connectivity index (χ1n) is 7.13. The molecule has 7 nitrogen and oxygen atoms in total. The molecule has 0 aliphatic carbocycles. The smallest absolute Gasteiger partial charge is 0.312 e. The molecule has 0 unspecified atom stereocenters. The predicted molar refractivity (Wildman–Crippen MR) is 82.3 cm³/mol. The van der Waals surface area contributed by atoms with Crippen LogP contribution in [0.5, 0.6) is 5.75 Å². The Labute approximate surface area is 133 Å². The summed E-state index contributed by atoms with van der Waals surface area (Å²) in [5, 5.41) is 17.3. The number of nitro groups is 1. The van der Waals surface area contributed by atoms with E-state index in [1.807, 2.05) is 0 Å². The minimum absolute atomic E-state index is 0.0826. The number of amides is 1. The minimum Gasteiger partial charge on any atom is -0.486 e. The number of hydrogen-bond acceptors (Lipinski definition) is 5. The van der Waals surface area contributed by atoms with E-state index in [4.69, 9.17) is 16.3 Å². The van der Waals surface area contributed by atoms with Gasteiger partial charge in [0.2, 0.25) is 5.91 Å². The molecule has 0 atom stereocenters. The van der Waals surface area contributed by atoms with Crippen molar-refractivity contribution in [2.24, 2.45) is 0 Å². The monoisotopic (exact) mass is 327 g/mol. The van der Waals surface area contributed by atoms with Gasteiger partial charge < -0.3 is 15.4 Å². The van der Waals surface area contributed by atoms with Gasteiger partial charge in [0, 0.05) is 17.1 Å². The third-order valence-corrected chi connectivity index (χ3v) is 3.64. The van der Waals surface area contributed by atoms with Crippen LogP contribution in [-0.4, -0.2) is 36.6 Å². The second-order valence-electron chi connectivity index (χ2n) is 5.06. The van der Waals surface area contributed by atoms with E-state index in [1.165, 1.54) is 18.2 Å². The molecule has 1 amide bonds. The summed E-state index contributed by atoms with van der Waals surface area (Å²) in [5.41, 5.74) is -0.203. The minimum atomic E-state index is -0.559. The number of nitrogens with zero attached hydrogens (tertiary/aromatic N) is 1. The van der Waals surface area contributed by atoms with Gasteiger partial charge in [-0.25, -0.2) is 0 Å². The van der Waals surface area contributed by atoms with Crippen LogP contribution in [0.2, 0.25) is 5.02 Å². The Hall–Kier alpha value is -1.86. The number of carbonyl (C=O) groups is 1. The van der Waals surface area contributed by atoms with Crippen molar-refractivity contribution in [3.05, 3.63) is 33.3 Å². The maximum Gasteiger partial charge on any atom is 0.312 e. The fourth-order valence-corrected chi connectivity index (χ4v) is 2.44. The highest BCUT2D eigenvalue weighted by atomic mass is 35.5. The average Bonchev–Trinajstić information content (AvgIpc) is 2.49. The van der Waals surface area contributed by atoms with Gasteiger partial charge in [0.05, 0.1) is 18.0 Å². The molecule has 0 aromatic heterocycles. The summed E-state index contributed by atoms with van der Waals surface area (Å²) in [5.74, 6) is 0.00702. The van der Waals surface area contributed by atoms with E-state index in [0.29, 0.717) is 0 Å². The fourth-order valence-electron chi connectivity index (χ4n) is 2.28. The second kappa shape index (κ2) is 7.95. The zero-order valence-corrected chi connectivity index (χ0v) is 12.8. The van der Waals surface area contributed by atoms with Crippen LogP contribution >= 0.6 is 11.6 Å². The van der Waals surface area contributed by atoms with Crippen LogP contribution in [0.15, 0.2) is 18.2 Å². The molecule has 0 radical (unpaired) electrons. The Morgan fingerprint density at radius 1 is 1.45 bits per heavy atom. The van der Waals surface area contributed by atoms with E-state index in [0.717, 1.165) is 25.9 Å². The summed E-state index contributed by atoms with van der Waals surface area (Å²) in [4.78, 5) is 22.2. The zero-order chi connectivity index (χ0) is 15.9. The molecule has 0 bridgehead atoms. The molecule has 1 heterocycles. The van der Waals surface area contributed by atoms with Gasteiger partial charge >= 0.3 is 5.69 Å². The van der Waals surface area contributed by atoms with Crippen LogP contribution in [0.25, 0.3) is 0 Å². The third-order valence-electron chi connectivity index (χ3n) is 3.41. The van der Waals surface area contributed by atoms with Crippen LogP contribution in [-0.2, 0) is 4.79 Å². The summed E-state index contributed by atoms with van der Waals surface area (Å²) in [6.45, 7) is 1.89. The van der Waals surface area contributed by atoms with Crippen molar-refractivity contribution in [1.82, 2.24) is 10.6 Å². The van der Waals surface area contributed by atoms with Crippen molar-refractivity contribution in [1.29, 1.82) is 0 Å². The van der Waals surface area contributed by atoms with Crippen LogP contribution < -0.4 is 15.4 Å². The zero-order valence-electron chi connectivity index (χ0n) is 12.0. The quantitative estimate of drug-likeness (QED) is 0.614. The van der Waals surface area contributed by atoms with E-state index in [1.54, 1.807) is 0 Å². The molecule has 1 aromatic carbocycles. The van der Waals surface area contributed by atoms with Gasteiger partial charge in [-0.3, -0.25) is 14.9 Å². The van der Waals surface area contributed by atoms with Crippen molar-refractivity contribution in [2.45, 2.75) is 25.3 Å². The third kappa shape index (κ3) is 4.85. The van der Waals surface area contributed by atoms with Gasteiger partial charge in [0.1, 0.15) is 0 Å². The van der Waals surface area contributed by atoms with Crippen LogP contribution in [0, 0.1) is 10.1 Å². The van der Waals surface area contributed by atoms with E-state index in [9.17, 15) is 14.9 Å². The number of halogens is 1. The van der Waals surface area contributed by atoms with Crippen molar-refractivity contribution >= 4 is 23.2 Å². The van der Waals surface area contributed by atoms with Crippen LogP contribution in [0.1, 0.15) is 19.3 Å². The lowest BCUT2D eigenvalue weighted by atomic mass is 10.1. The summed E-state index contributed by atoms with van der Waals surface area (Å²) >= 11 is 5.72. The summed E-state index contributed by atoms with van der Waals surface area (Å²) in [6.07, 6.45) is 1.98. The van der Waals surface area contributed by atoms with Gasteiger partial charge in [0.25, 0.3) is 0 Å². The summed E-state index contributed by atoms with van der Waals surface area (Å²) < 4.78 is 5.34. The molecule has 120 valence electrons. The maximum atomic E-state index is 11.8. The van der Waals surface area contributed by atoms with E-state index >= 15 is 0 Å². The molecule has 0 spiro atoms. The first-order chi connectivity index (χ1) is 10.6. The summed E-state index contributed by atoms with van der Waals surface area (Å²) in [7, 11) is 0. The van der Waals surface area contributed by atoms with Crippen LogP contribution in [0.4, 0.5) is 5.69 Å². The fraction of sp³-hybridized carbons (Fsp3) is 0.500. The Bertz CT molecular complexity index is 547. The lowest BCUT2D eigenvalue weighted by Gasteiger charge is -2.23. The molecule has 1 fully saturated rings. The molecule has 2 rings (SSSR count). The molecule has 1 aliphatic rings. The average molecular weight is 328 g/mol. The lowest BCUT2D eigenvalue weighted by molar-refractivity contribution is -0.385. The normalized spacial score (nSPS) is 15.3. The van der Waals surface area contributed by atoms with Crippen molar-refractivity contribution in [3.8, 4) is 5.75 Å². The standard InChI is InChI=1S/C14H18ClN3O4/c15-10-1-2-13(12(9-10)18(20)21)22-8-5-14(19)17-11-3-6-16-7-4-11/h1-2,9,11,16H,3-8H2,(H,17,19). The van der Waals surface area contributed by atoms with E-state index in [-0.39, 0.29) is 41.4 Å². The van der Waals surface area contributed by atoms with Crippen molar-refractivity contribution < 1.29 is 14.5 Å². The number of nitrogens with one attached hydrogen (secondary N) is 2. The highest BCUT2D eigenvalue weighted by Crippen LogP contribution is 2.29. The SMILES string of the molecule is O=C(CCOc1ccc(Cl)cc1[N+](=O)[O-])NC1CCNCC1. The van der Waals surface area contributed by atoms with Gasteiger partial charge in [-0.05, 0) is 38.1 Å². The molecular formula is C14H18ClN3O4. The molecule has 1 saturated heterocycles. The van der Waals surface area contributed by atoms with Gasteiger partial charge in [-0.2, -0.15) is 0 Å². The van der Waals surface area contributed by atoms with Gasteiger partial charge in [0.15, 0.2) is 5.75 Å². The molecule has 1 aliphatic heterocycles. The summed E-state index contributed by atoms with van der Waals surface area (Å²) in [6, 6.07) is 4.37. The first kappa shape index (κ1) is 16.5. The number of ether oxygens (including phenoxy) is 1. The Balaban J connectivity index is 1.80. The first-order valence-corrected chi connectivity index (χ1v) is 7.51. The highest BCUT2D eigenvalue weighted by molar-refractivity contribution is 6.30. The number of rotatable bonds is 6. The number of nitro benzene ring substituents is 1. The highest BCUT2D eigenvalue weighted by Gasteiger charge is 2.17. The van der Waals surface area contributed by atoms with Gasteiger partial charge in [-0.15, -0.1) is 0 Å². The molecule has 2 N–H and O–H groups in total. The van der Waals surface area contributed by atoms with Crippen molar-refractivity contribution in [2.75, 3.05) is 19.7 Å². The van der Waals surface area contributed by atoms with E-state index in [2.05, 4.69) is 10.6 Å². The molecule has 8 heteroatoms. The molecular weight excluding hydrogens is 310 g/mol. The molecule has 22 heavy (non-hydrogen) atoms. The molecule has 1 aromatic rings. The number of benzene rings is 1. The lowest BCUT2D eigenvalue weighted by Crippen LogP contribution is -2.43. The number of piperidine rings is 1.